The van der Waals surface area contributed by atoms with E-state index < -0.39 is 0 Å². The number of carbonyl (C=O) groups excluding carboxylic acids is 1. The molecule has 2 aromatic carbocycles. The summed E-state index contributed by atoms with van der Waals surface area (Å²) in [6.45, 7) is 0.755. The predicted molar refractivity (Wildman–Crippen MR) is 128 cm³/mol. The van der Waals surface area contributed by atoms with Gasteiger partial charge in [0.05, 0.1) is 19.2 Å². The molecule has 0 aromatic heterocycles. The average Bonchev–Trinajstić information content (AvgIpc) is 2.87. The minimum absolute atomic E-state index is 0.0251. The molecule has 0 radical (unpaired) electrons. The number of ether oxygens (including phenoxy) is 1. The highest BCUT2D eigenvalue weighted by Crippen LogP contribution is 2.40. The van der Waals surface area contributed by atoms with Crippen LogP contribution in [0.3, 0.4) is 0 Å². The van der Waals surface area contributed by atoms with Gasteiger partial charge in [0.15, 0.2) is 6.19 Å². The van der Waals surface area contributed by atoms with Gasteiger partial charge in [-0.3, -0.25) is 15.5 Å². The van der Waals surface area contributed by atoms with E-state index >= 15 is 0 Å². The Labute approximate surface area is 195 Å². The summed E-state index contributed by atoms with van der Waals surface area (Å²) < 4.78 is 5.34. The van der Waals surface area contributed by atoms with Crippen molar-refractivity contribution in [3.63, 3.8) is 0 Å². The van der Waals surface area contributed by atoms with Gasteiger partial charge in [0.1, 0.15) is 5.75 Å². The van der Waals surface area contributed by atoms with Crippen LogP contribution in [0.4, 0.5) is 0 Å². The first kappa shape index (κ1) is 23.7. The molecule has 0 unspecified atom stereocenters. The smallest absolute Gasteiger partial charge is 0.255 e. The van der Waals surface area contributed by atoms with Crippen LogP contribution in [0.2, 0.25) is 0 Å². The third kappa shape index (κ3) is 5.45. The standard InChI is InChI=1S/C26H29N5O2/c1-3-17-31(25(28)30-19-27)21-13-15-26(16-14-21,20-9-5-4-6-10-20)18-29-24(32)22-11-7-8-12-23(22)33-2/h1,4-12,21H,13-18H2,2H3,(H2,28,30)(H,29,32). The zero-order valence-electron chi connectivity index (χ0n) is 18.8. The molecule has 0 heterocycles. The summed E-state index contributed by atoms with van der Waals surface area (Å²) in [5.74, 6) is 2.99. The van der Waals surface area contributed by atoms with Gasteiger partial charge in [0.25, 0.3) is 5.91 Å². The highest BCUT2D eigenvalue weighted by Gasteiger charge is 2.39. The number of hydrogen-bond acceptors (Lipinski definition) is 4. The van der Waals surface area contributed by atoms with E-state index in [1.807, 2.05) is 30.3 Å². The minimum atomic E-state index is -0.234. The summed E-state index contributed by atoms with van der Waals surface area (Å²) >= 11 is 0. The summed E-state index contributed by atoms with van der Waals surface area (Å²) in [6, 6.07) is 17.5. The molecule has 3 N–H and O–H groups in total. The van der Waals surface area contributed by atoms with E-state index in [9.17, 15) is 4.79 Å². The minimum Gasteiger partial charge on any atom is -0.496 e. The van der Waals surface area contributed by atoms with Crippen molar-refractivity contribution in [3.05, 3.63) is 65.7 Å². The second kappa shape index (κ2) is 11.1. The fraction of sp³-hybridized carbons (Fsp3) is 0.346. The van der Waals surface area contributed by atoms with Gasteiger partial charge < -0.3 is 15.0 Å². The number of methoxy groups -OCH3 is 1. The van der Waals surface area contributed by atoms with Crippen LogP contribution in [0.15, 0.2) is 54.6 Å². The number of para-hydroxylation sites is 1. The van der Waals surface area contributed by atoms with E-state index in [1.165, 1.54) is 5.56 Å². The number of nitrogens with one attached hydrogen (secondary N) is 3. The third-order valence-corrected chi connectivity index (χ3v) is 6.40. The summed E-state index contributed by atoms with van der Waals surface area (Å²) in [4.78, 5) is 14.7. The molecule has 33 heavy (non-hydrogen) atoms. The number of carbonyl (C=O) groups is 1. The summed E-state index contributed by atoms with van der Waals surface area (Å²) in [5.41, 5.74) is 1.45. The van der Waals surface area contributed by atoms with Crippen LogP contribution < -0.4 is 15.4 Å². The molecular weight excluding hydrogens is 414 g/mol. The fourth-order valence-corrected chi connectivity index (χ4v) is 4.62. The Hall–Kier alpha value is -3.97. The molecule has 170 valence electrons. The SMILES string of the molecule is C#CCN(C(=N)NC#N)C1CCC(CNC(=O)c2ccccc2OC)(c2ccccc2)CC1. The number of rotatable bonds is 7. The highest BCUT2D eigenvalue weighted by atomic mass is 16.5. The van der Waals surface area contributed by atoms with Crippen molar-refractivity contribution in [3.8, 4) is 24.3 Å². The van der Waals surface area contributed by atoms with Crippen LogP contribution in [0.5, 0.6) is 5.75 Å². The van der Waals surface area contributed by atoms with Gasteiger partial charge >= 0.3 is 0 Å². The maximum atomic E-state index is 13.0. The number of nitrogens with zero attached hydrogens (tertiary/aromatic N) is 2. The second-order valence-electron chi connectivity index (χ2n) is 8.18. The van der Waals surface area contributed by atoms with E-state index in [0.29, 0.717) is 17.9 Å². The van der Waals surface area contributed by atoms with Gasteiger partial charge in [-0.05, 0) is 43.4 Å². The molecule has 1 aliphatic rings. The molecular formula is C26H29N5O2. The van der Waals surface area contributed by atoms with Crippen LogP contribution in [-0.4, -0.2) is 43.0 Å². The Kier molecular flexibility index (Phi) is 7.94. The topological polar surface area (TPSA) is 101 Å². The van der Waals surface area contributed by atoms with E-state index in [1.54, 1.807) is 30.3 Å². The van der Waals surface area contributed by atoms with Crippen molar-refractivity contribution in [2.24, 2.45) is 0 Å². The lowest BCUT2D eigenvalue weighted by atomic mass is 9.67. The van der Waals surface area contributed by atoms with Gasteiger partial charge in [-0.1, -0.05) is 48.4 Å². The van der Waals surface area contributed by atoms with Gasteiger partial charge in [0, 0.05) is 18.0 Å². The molecule has 1 aliphatic carbocycles. The zero-order chi connectivity index (χ0) is 23.7. The molecule has 1 amide bonds. The lowest BCUT2D eigenvalue weighted by Gasteiger charge is -2.44. The fourth-order valence-electron chi connectivity index (χ4n) is 4.62. The number of terminal acetylenes is 1. The first-order valence-corrected chi connectivity index (χ1v) is 10.9. The van der Waals surface area contributed by atoms with Gasteiger partial charge in [-0.15, -0.1) is 6.42 Å². The molecule has 7 heteroatoms. The number of amides is 1. The molecule has 0 saturated heterocycles. The van der Waals surface area contributed by atoms with Crippen LogP contribution in [-0.2, 0) is 5.41 Å². The zero-order valence-corrected chi connectivity index (χ0v) is 18.8. The van der Waals surface area contributed by atoms with Crippen molar-refractivity contribution >= 4 is 11.9 Å². The highest BCUT2D eigenvalue weighted by molar-refractivity contribution is 5.97. The number of nitriles is 1. The Morgan fingerprint density at radius 3 is 2.52 bits per heavy atom. The molecule has 0 spiro atoms. The van der Waals surface area contributed by atoms with Crippen LogP contribution >= 0.6 is 0 Å². The summed E-state index contributed by atoms with van der Waals surface area (Å²) in [6.07, 6.45) is 10.5. The van der Waals surface area contributed by atoms with Gasteiger partial charge in [-0.25, -0.2) is 0 Å². The molecule has 7 nitrogen and oxygen atoms in total. The first-order valence-electron chi connectivity index (χ1n) is 10.9. The maximum absolute atomic E-state index is 13.0. The Bertz CT molecular complexity index is 1050. The average molecular weight is 444 g/mol. The second-order valence-corrected chi connectivity index (χ2v) is 8.18. The lowest BCUT2D eigenvalue weighted by Crippen LogP contribution is -2.51. The van der Waals surface area contributed by atoms with E-state index in [0.717, 1.165) is 25.7 Å². The monoisotopic (exact) mass is 443 g/mol. The third-order valence-electron chi connectivity index (χ3n) is 6.40. The lowest BCUT2D eigenvalue weighted by molar-refractivity contribution is 0.0927. The molecule has 0 atom stereocenters. The van der Waals surface area contributed by atoms with Crippen molar-refractivity contribution in [1.29, 1.82) is 10.7 Å². The molecule has 0 aliphatic heterocycles. The predicted octanol–water partition coefficient (Wildman–Crippen LogP) is 3.25. The maximum Gasteiger partial charge on any atom is 0.255 e. The molecule has 0 bridgehead atoms. The number of guanidine groups is 1. The first-order chi connectivity index (χ1) is 16.0. The molecule has 1 saturated carbocycles. The van der Waals surface area contributed by atoms with Crippen molar-refractivity contribution in [2.75, 3.05) is 20.2 Å². The van der Waals surface area contributed by atoms with Crippen molar-refractivity contribution in [1.82, 2.24) is 15.5 Å². The van der Waals surface area contributed by atoms with Crippen molar-refractivity contribution < 1.29 is 9.53 Å². The van der Waals surface area contributed by atoms with Crippen LogP contribution in [0.1, 0.15) is 41.6 Å². The Morgan fingerprint density at radius 2 is 1.88 bits per heavy atom. The quantitative estimate of drug-likeness (QED) is 0.201. The number of benzene rings is 2. The van der Waals surface area contributed by atoms with E-state index in [-0.39, 0.29) is 29.9 Å². The van der Waals surface area contributed by atoms with Crippen LogP contribution in [0, 0.1) is 29.2 Å². The van der Waals surface area contributed by atoms with Gasteiger partial charge in [-0.2, -0.15) is 5.26 Å². The van der Waals surface area contributed by atoms with Crippen molar-refractivity contribution in [2.45, 2.75) is 37.1 Å². The summed E-state index contributed by atoms with van der Waals surface area (Å²) in [7, 11) is 1.56. The van der Waals surface area contributed by atoms with E-state index in [2.05, 4.69) is 28.7 Å². The van der Waals surface area contributed by atoms with Crippen LogP contribution in [0.25, 0.3) is 0 Å². The molecule has 1 fully saturated rings. The Morgan fingerprint density at radius 1 is 1.21 bits per heavy atom. The normalized spacial score (nSPS) is 19.4. The largest absolute Gasteiger partial charge is 0.496 e. The molecule has 2 aromatic rings. The number of hydrogen-bond donors (Lipinski definition) is 3. The Balaban J connectivity index is 1.78. The van der Waals surface area contributed by atoms with Gasteiger partial charge in [0.2, 0.25) is 5.96 Å². The van der Waals surface area contributed by atoms with E-state index in [4.69, 9.17) is 21.8 Å². The summed E-state index contributed by atoms with van der Waals surface area (Å²) in [5, 5.41) is 22.6. The molecule has 3 rings (SSSR count).